The lowest BCUT2D eigenvalue weighted by Gasteiger charge is -2.19. The molecule has 1 saturated carbocycles. The van der Waals surface area contributed by atoms with E-state index in [0.717, 1.165) is 24.8 Å². The van der Waals surface area contributed by atoms with Crippen LogP contribution in [0.4, 0.5) is 5.82 Å². The molecule has 3 rings (SSSR count). The number of nitrogens with zero attached hydrogens (tertiary/aromatic N) is 2. The minimum absolute atomic E-state index is 0.403. The molecule has 1 aromatic rings. The summed E-state index contributed by atoms with van der Waals surface area (Å²) >= 11 is 0. The van der Waals surface area contributed by atoms with Crippen molar-refractivity contribution in [1.82, 2.24) is 9.97 Å². The average molecular weight is 205 g/mol. The monoisotopic (exact) mass is 205 g/mol. The molecule has 4 nitrogen and oxygen atoms in total. The molecule has 2 aliphatic rings. The molecule has 2 atom stereocenters. The predicted octanol–water partition coefficient (Wildman–Crippen LogP) is 1.46. The van der Waals surface area contributed by atoms with Crippen molar-refractivity contribution in [3.05, 3.63) is 18.6 Å². The number of hydrogen-bond acceptors (Lipinski definition) is 4. The first kappa shape index (κ1) is 9.09. The molecule has 1 aliphatic carbocycles. The van der Waals surface area contributed by atoms with E-state index in [0.29, 0.717) is 12.1 Å². The second-order valence-corrected chi connectivity index (χ2v) is 4.31. The molecule has 15 heavy (non-hydrogen) atoms. The Morgan fingerprint density at radius 1 is 1.33 bits per heavy atom. The van der Waals surface area contributed by atoms with Gasteiger partial charge < -0.3 is 10.1 Å². The van der Waals surface area contributed by atoms with Crippen LogP contribution in [-0.4, -0.2) is 28.7 Å². The van der Waals surface area contributed by atoms with Gasteiger partial charge in [0.15, 0.2) is 0 Å². The van der Waals surface area contributed by atoms with E-state index >= 15 is 0 Å². The topological polar surface area (TPSA) is 47.0 Å². The van der Waals surface area contributed by atoms with E-state index in [1.165, 1.54) is 12.8 Å². The van der Waals surface area contributed by atoms with Crippen LogP contribution in [0.15, 0.2) is 18.6 Å². The zero-order valence-electron chi connectivity index (χ0n) is 8.60. The van der Waals surface area contributed by atoms with Crippen LogP contribution in [0.3, 0.4) is 0 Å². The van der Waals surface area contributed by atoms with E-state index in [1.807, 2.05) is 6.07 Å². The molecule has 2 fully saturated rings. The van der Waals surface area contributed by atoms with Crippen LogP contribution in [-0.2, 0) is 4.74 Å². The van der Waals surface area contributed by atoms with E-state index in [-0.39, 0.29) is 0 Å². The smallest absolute Gasteiger partial charge is 0.129 e. The first-order chi connectivity index (χ1) is 7.43. The minimum Gasteiger partial charge on any atom is -0.376 e. The minimum atomic E-state index is 0.403. The SMILES string of the molecule is c1cc(NC2CCOC2C2CC2)ncn1. The van der Waals surface area contributed by atoms with Gasteiger partial charge in [0.05, 0.1) is 12.1 Å². The third-order valence-electron chi connectivity index (χ3n) is 3.14. The maximum atomic E-state index is 5.76. The van der Waals surface area contributed by atoms with Gasteiger partial charge in [0, 0.05) is 12.8 Å². The summed E-state index contributed by atoms with van der Waals surface area (Å²) in [5.74, 6) is 1.69. The van der Waals surface area contributed by atoms with Crippen LogP contribution in [0, 0.1) is 5.92 Å². The summed E-state index contributed by atoms with van der Waals surface area (Å²) in [6, 6.07) is 2.34. The van der Waals surface area contributed by atoms with Gasteiger partial charge in [0.25, 0.3) is 0 Å². The normalized spacial score (nSPS) is 30.4. The Morgan fingerprint density at radius 3 is 3.00 bits per heavy atom. The number of hydrogen-bond donors (Lipinski definition) is 1. The fourth-order valence-corrected chi connectivity index (χ4v) is 2.22. The Hall–Kier alpha value is -1.16. The number of aromatic nitrogens is 2. The first-order valence-electron chi connectivity index (χ1n) is 5.57. The van der Waals surface area contributed by atoms with Crippen LogP contribution < -0.4 is 5.32 Å². The molecule has 1 N–H and O–H groups in total. The van der Waals surface area contributed by atoms with Crippen LogP contribution in [0.5, 0.6) is 0 Å². The van der Waals surface area contributed by atoms with Crippen molar-refractivity contribution in [2.45, 2.75) is 31.4 Å². The zero-order valence-corrected chi connectivity index (χ0v) is 8.60. The van der Waals surface area contributed by atoms with Crippen LogP contribution in [0.25, 0.3) is 0 Å². The molecule has 1 aliphatic heterocycles. The lowest BCUT2D eigenvalue weighted by Crippen LogP contribution is -2.31. The zero-order chi connectivity index (χ0) is 10.1. The Bertz CT molecular complexity index is 326. The van der Waals surface area contributed by atoms with Gasteiger partial charge in [-0.3, -0.25) is 0 Å². The van der Waals surface area contributed by atoms with Crippen LogP contribution in [0.2, 0.25) is 0 Å². The Labute approximate surface area is 89.1 Å². The van der Waals surface area contributed by atoms with Gasteiger partial charge in [-0.25, -0.2) is 9.97 Å². The van der Waals surface area contributed by atoms with Gasteiger partial charge in [0.2, 0.25) is 0 Å². The lowest BCUT2D eigenvalue weighted by molar-refractivity contribution is 0.0898. The largest absolute Gasteiger partial charge is 0.376 e. The van der Waals surface area contributed by atoms with Crippen molar-refractivity contribution in [2.75, 3.05) is 11.9 Å². The predicted molar refractivity (Wildman–Crippen MR) is 56.5 cm³/mol. The van der Waals surface area contributed by atoms with E-state index in [2.05, 4.69) is 15.3 Å². The molecule has 1 aromatic heterocycles. The molecular formula is C11H15N3O. The summed E-state index contributed by atoms with van der Waals surface area (Å²) in [6.45, 7) is 0.879. The van der Waals surface area contributed by atoms with E-state index in [1.54, 1.807) is 12.5 Å². The highest BCUT2D eigenvalue weighted by atomic mass is 16.5. The van der Waals surface area contributed by atoms with E-state index in [4.69, 9.17) is 4.74 Å². The third-order valence-corrected chi connectivity index (χ3v) is 3.14. The molecule has 2 unspecified atom stereocenters. The fraction of sp³-hybridized carbons (Fsp3) is 0.636. The molecule has 2 heterocycles. The van der Waals surface area contributed by atoms with Gasteiger partial charge in [0.1, 0.15) is 12.1 Å². The summed E-state index contributed by atoms with van der Waals surface area (Å²) in [5.41, 5.74) is 0. The molecule has 80 valence electrons. The fourth-order valence-electron chi connectivity index (χ4n) is 2.22. The Morgan fingerprint density at radius 2 is 2.27 bits per heavy atom. The number of anilines is 1. The summed E-state index contributed by atoms with van der Waals surface area (Å²) in [7, 11) is 0. The summed E-state index contributed by atoms with van der Waals surface area (Å²) in [6.07, 6.45) is 7.48. The maximum absolute atomic E-state index is 5.76. The van der Waals surface area contributed by atoms with Crippen molar-refractivity contribution in [3.8, 4) is 0 Å². The molecule has 1 saturated heterocycles. The Balaban J connectivity index is 1.67. The molecule has 0 aromatic carbocycles. The summed E-state index contributed by atoms with van der Waals surface area (Å²) < 4.78 is 5.76. The molecule has 0 amide bonds. The molecule has 0 spiro atoms. The van der Waals surface area contributed by atoms with Gasteiger partial charge in [-0.05, 0) is 31.2 Å². The standard InChI is InChI=1S/C11H15N3O/c1-2-8(1)11-9(4-6-15-11)14-10-3-5-12-7-13-10/h3,5,7-9,11H,1-2,4,6H2,(H,12,13,14). The first-order valence-corrected chi connectivity index (χ1v) is 5.57. The number of rotatable bonds is 3. The van der Waals surface area contributed by atoms with E-state index in [9.17, 15) is 0 Å². The number of nitrogens with one attached hydrogen (secondary N) is 1. The maximum Gasteiger partial charge on any atom is 0.129 e. The summed E-state index contributed by atoms with van der Waals surface area (Å²) in [4.78, 5) is 8.08. The highest BCUT2D eigenvalue weighted by molar-refractivity contribution is 5.34. The van der Waals surface area contributed by atoms with Crippen molar-refractivity contribution in [3.63, 3.8) is 0 Å². The second kappa shape index (κ2) is 3.77. The van der Waals surface area contributed by atoms with E-state index < -0.39 is 0 Å². The third kappa shape index (κ3) is 1.95. The van der Waals surface area contributed by atoms with Gasteiger partial charge in [-0.2, -0.15) is 0 Å². The van der Waals surface area contributed by atoms with Crippen molar-refractivity contribution in [1.29, 1.82) is 0 Å². The lowest BCUT2D eigenvalue weighted by atomic mass is 10.1. The Kier molecular flexibility index (Phi) is 2.29. The van der Waals surface area contributed by atoms with Crippen molar-refractivity contribution in [2.24, 2.45) is 5.92 Å². The summed E-state index contributed by atoms with van der Waals surface area (Å²) in [5, 5.41) is 3.44. The van der Waals surface area contributed by atoms with Crippen LogP contribution in [0.1, 0.15) is 19.3 Å². The van der Waals surface area contributed by atoms with Gasteiger partial charge in [-0.15, -0.1) is 0 Å². The average Bonchev–Trinajstić information content (AvgIpc) is 3.02. The molecule has 0 bridgehead atoms. The number of ether oxygens (including phenoxy) is 1. The second-order valence-electron chi connectivity index (χ2n) is 4.31. The quantitative estimate of drug-likeness (QED) is 0.811. The molecular weight excluding hydrogens is 190 g/mol. The highest BCUT2D eigenvalue weighted by Gasteiger charge is 2.40. The molecule has 0 radical (unpaired) electrons. The van der Waals surface area contributed by atoms with Crippen molar-refractivity contribution >= 4 is 5.82 Å². The highest BCUT2D eigenvalue weighted by Crippen LogP contribution is 2.39. The van der Waals surface area contributed by atoms with Gasteiger partial charge in [-0.1, -0.05) is 0 Å². The molecule has 4 heteroatoms. The van der Waals surface area contributed by atoms with Crippen LogP contribution >= 0.6 is 0 Å². The van der Waals surface area contributed by atoms with Gasteiger partial charge >= 0.3 is 0 Å². The van der Waals surface area contributed by atoms with Crippen molar-refractivity contribution < 1.29 is 4.74 Å².